The Morgan fingerprint density at radius 1 is 1.45 bits per heavy atom. The van der Waals surface area contributed by atoms with Gasteiger partial charge in [-0.25, -0.2) is 4.98 Å². The number of rotatable bonds is 5. The van der Waals surface area contributed by atoms with E-state index in [-0.39, 0.29) is 11.2 Å². The number of halogens is 1. The first kappa shape index (κ1) is 14.9. The molecule has 106 valence electrons. The molecule has 2 aromatic rings. The Bertz CT molecular complexity index is 556. The molecular formula is C14H16ClN3OS. The van der Waals surface area contributed by atoms with Crippen molar-refractivity contribution in [3.63, 3.8) is 0 Å². The number of hydrogen-bond donors (Lipinski definition) is 1. The van der Waals surface area contributed by atoms with Crippen molar-refractivity contribution in [2.75, 3.05) is 7.05 Å². The lowest BCUT2D eigenvalue weighted by molar-refractivity contribution is -0.129. The molecular weight excluding hydrogens is 294 g/mol. The summed E-state index contributed by atoms with van der Waals surface area (Å²) in [4.78, 5) is 22.1. The third-order valence-electron chi connectivity index (χ3n) is 2.79. The second-order valence-electron chi connectivity index (χ2n) is 4.44. The summed E-state index contributed by atoms with van der Waals surface area (Å²) in [6.07, 6.45) is 3.43. The molecule has 1 unspecified atom stereocenters. The highest BCUT2D eigenvalue weighted by Crippen LogP contribution is 2.25. The topological polar surface area (TPSA) is 49.0 Å². The number of carbonyl (C=O) groups is 1. The Morgan fingerprint density at radius 3 is 2.75 bits per heavy atom. The predicted molar refractivity (Wildman–Crippen MR) is 81.8 cm³/mol. The van der Waals surface area contributed by atoms with Crippen molar-refractivity contribution in [3.05, 3.63) is 47.5 Å². The second-order valence-corrected chi connectivity index (χ2v) is 6.29. The van der Waals surface area contributed by atoms with Gasteiger partial charge in [0.2, 0.25) is 5.91 Å². The lowest BCUT2D eigenvalue weighted by Gasteiger charge is -2.20. The molecule has 4 nitrogen and oxygen atoms in total. The maximum Gasteiger partial charge on any atom is 0.235 e. The summed E-state index contributed by atoms with van der Waals surface area (Å²) >= 11 is 7.37. The first-order valence-electron chi connectivity index (χ1n) is 6.21. The molecule has 1 heterocycles. The molecule has 1 N–H and O–H groups in total. The molecule has 0 spiro atoms. The van der Waals surface area contributed by atoms with E-state index in [1.165, 1.54) is 11.8 Å². The molecule has 2 rings (SSSR count). The lowest BCUT2D eigenvalue weighted by atomic mass is 10.4. The summed E-state index contributed by atoms with van der Waals surface area (Å²) < 4.78 is 0. The zero-order valence-corrected chi connectivity index (χ0v) is 12.9. The lowest BCUT2D eigenvalue weighted by Crippen LogP contribution is -2.33. The van der Waals surface area contributed by atoms with Gasteiger partial charge in [0, 0.05) is 29.4 Å². The van der Waals surface area contributed by atoms with Crippen molar-refractivity contribution in [2.24, 2.45) is 0 Å². The molecule has 0 bridgehead atoms. The van der Waals surface area contributed by atoms with Gasteiger partial charge in [0.05, 0.1) is 11.8 Å². The van der Waals surface area contributed by atoms with E-state index in [1.54, 1.807) is 24.3 Å². The number of amides is 1. The van der Waals surface area contributed by atoms with Gasteiger partial charge in [-0.1, -0.05) is 11.6 Å². The number of H-pyrrole nitrogens is 1. The Hall–Kier alpha value is -1.46. The van der Waals surface area contributed by atoms with Crippen molar-refractivity contribution < 1.29 is 4.79 Å². The summed E-state index contributed by atoms with van der Waals surface area (Å²) in [5.74, 6) is 0.853. The van der Waals surface area contributed by atoms with Crippen LogP contribution in [-0.2, 0) is 11.3 Å². The van der Waals surface area contributed by atoms with Crippen molar-refractivity contribution in [2.45, 2.75) is 23.6 Å². The number of thioether (sulfide) groups is 1. The van der Waals surface area contributed by atoms with Crippen LogP contribution in [0.3, 0.4) is 0 Å². The van der Waals surface area contributed by atoms with Gasteiger partial charge in [0.1, 0.15) is 5.82 Å². The normalized spacial score (nSPS) is 12.2. The maximum absolute atomic E-state index is 12.3. The van der Waals surface area contributed by atoms with Crippen molar-refractivity contribution in [1.82, 2.24) is 14.9 Å². The van der Waals surface area contributed by atoms with E-state index in [0.717, 1.165) is 10.7 Å². The highest BCUT2D eigenvalue weighted by atomic mass is 35.5. The molecule has 0 radical (unpaired) electrons. The standard InChI is InChI=1S/C14H16ClN3OS/c1-10(20-12-5-3-11(15)4-6-12)14(19)18(2)9-13-16-7-8-17-13/h3-8,10H,9H2,1-2H3,(H,16,17). The van der Waals surface area contributed by atoms with E-state index >= 15 is 0 Å². The molecule has 0 fully saturated rings. The molecule has 0 aliphatic carbocycles. The number of imidazole rings is 1. The Morgan fingerprint density at radius 2 is 2.15 bits per heavy atom. The summed E-state index contributed by atoms with van der Waals surface area (Å²) in [6.45, 7) is 2.39. The van der Waals surface area contributed by atoms with Crippen LogP contribution in [0.15, 0.2) is 41.6 Å². The minimum atomic E-state index is -0.156. The second kappa shape index (κ2) is 6.81. The van der Waals surface area contributed by atoms with Gasteiger partial charge in [-0.2, -0.15) is 0 Å². The molecule has 1 aromatic carbocycles. The van der Waals surface area contributed by atoms with Gasteiger partial charge in [-0.15, -0.1) is 11.8 Å². The summed E-state index contributed by atoms with van der Waals surface area (Å²) in [6, 6.07) is 7.49. The van der Waals surface area contributed by atoms with Crippen LogP contribution in [0.4, 0.5) is 0 Å². The fraction of sp³-hybridized carbons (Fsp3) is 0.286. The van der Waals surface area contributed by atoms with Crippen LogP contribution in [0.5, 0.6) is 0 Å². The number of aromatic nitrogens is 2. The summed E-state index contributed by atoms with van der Waals surface area (Å²) in [5.41, 5.74) is 0. The van der Waals surface area contributed by atoms with E-state index in [1.807, 2.05) is 31.2 Å². The average molecular weight is 310 g/mol. The third-order valence-corrected chi connectivity index (χ3v) is 4.14. The summed E-state index contributed by atoms with van der Waals surface area (Å²) in [5, 5.41) is 0.541. The van der Waals surface area contributed by atoms with Crippen LogP contribution >= 0.6 is 23.4 Å². The summed E-state index contributed by atoms with van der Waals surface area (Å²) in [7, 11) is 1.78. The van der Waals surface area contributed by atoms with Crippen molar-refractivity contribution in [3.8, 4) is 0 Å². The van der Waals surface area contributed by atoms with Crippen LogP contribution in [0.1, 0.15) is 12.7 Å². The van der Waals surface area contributed by atoms with E-state index in [0.29, 0.717) is 11.6 Å². The smallest absolute Gasteiger partial charge is 0.235 e. The SMILES string of the molecule is CC(Sc1ccc(Cl)cc1)C(=O)N(C)Cc1ncc[nH]1. The molecule has 6 heteroatoms. The monoisotopic (exact) mass is 309 g/mol. The quantitative estimate of drug-likeness (QED) is 0.863. The third kappa shape index (κ3) is 4.02. The van der Waals surface area contributed by atoms with Crippen LogP contribution < -0.4 is 0 Å². The minimum absolute atomic E-state index is 0.0707. The van der Waals surface area contributed by atoms with Gasteiger partial charge >= 0.3 is 0 Å². The Kier molecular flexibility index (Phi) is 5.09. The number of hydrogen-bond acceptors (Lipinski definition) is 3. The molecule has 0 aliphatic rings. The fourth-order valence-corrected chi connectivity index (χ4v) is 2.87. The number of nitrogens with zero attached hydrogens (tertiary/aromatic N) is 2. The van der Waals surface area contributed by atoms with Crippen LogP contribution in [0, 0.1) is 0 Å². The van der Waals surface area contributed by atoms with Crippen LogP contribution in [-0.4, -0.2) is 33.1 Å². The van der Waals surface area contributed by atoms with Crippen molar-refractivity contribution in [1.29, 1.82) is 0 Å². The van der Waals surface area contributed by atoms with E-state index in [2.05, 4.69) is 9.97 Å². The maximum atomic E-state index is 12.3. The van der Waals surface area contributed by atoms with Gasteiger partial charge in [-0.3, -0.25) is 4.79 Å². The molecule has 20 heavy (non-hydrogen) atoms. The molecule has 0 aliphatic heterocycles. The van der Waals surface area contributed by atoms with Gasteiger partial charge in [0.25, 0.3) is 0 Å². The predicted octanol–water partition coefficient (Wildman–Crippen LogP) is 3.20. The Balaban J connectivity index is 1.92. The van der Waals surface area contributed by atoms with E-state index < -0.39 is 0 Å². The zero-order valence-electron chi connectivity index (χ0n) is 11.3. The molecule has 0 saturated carbocycles. The van der Waals surface area contributed by atoms with E-state index in [4.69, 9.17) is 11.6 Å². The largest absolute Gasteiger partial charge is 0.347 e. The Labute approximate surface area is 127 Å². The molecule has 1 aromatic heterocycles. The first-order valence-corrected chi connectivity index (χ1v) is 7.47. The molecule has 1 atom stereocenters. The van der Waals surface area contributed by atoms with Gasteiger partial charge < -0.3 is 9.88 Å². The number of nitrogens with one attached hydrogen (secondary N) is 1. The fourth-order valence-electron chi connectivity index (χ4n) is 1.77. The average Bonchev–Trinajstić information content (AvgIpc) is 2.93. The van der Waals surface area contributed by atoms with Crippen molar-refractivity contribution >= 4 is 29.3 Å². The first-order chi connectivity index (χ1) is 9.56. The zero-order chi connectivity index (χ0) is 14.5. The minimum Gasteiger partial charge on any atom is -0.347 e. The molecule has 1 amide bonds. The van der Waals surface area contributed by atoms with Gasteiger partial charge in [-0.05, 0) is 31.2 Å². The number of benzene rings is 1. The van der Waals surface area contributed by atoms with E-state index in [9.17, 15) is 4.79 Å². The van der Waals surface area contributed by atoms with Crippen LogP contribution in [0.25, 0.3) is 0 Å². The molecule has 0 saturated heterocycles. The number of carbonyl (C=O) groups excluding carboxylic acids is 1. The highest BCUT2D eigenvalue weighted by molar-refractivity contribution is 8.00. The highest BCUT2D eigenvalue weighted by Gasteiger charge is 2.19. The van der Waals surface area contributed by atoms with Crippen LogP contribution in [0.2, 0.25) is 5.02 Å². The number of aromatic amines is 1. The van der Waals surface area contributed by atoms with Gasteiger partial charge in [0.15, 0.2) is 0 Å².